The molecule has 0 aromatic carbocycles. The van der Waals surface area contributed by atoms with Crippen molar-refractivity contribution in [3.05, 3.63) is 12.7 Å². The molecule has 0 aromatic heterocycles. The molecule has 0 atom stereocenters. The zero-order valence-electron chi connectivity index (χ0n) is 14.2. The fourth-order valence-electron chi connectivity index (χ4n) is 1.86. The molecule has 0 radical (unpaired) electrons. The van der Waals surface area contributed by atoms with E-state index in [2.05, 4.69) is 36.4 Å². The Morgan fingerprint density at radius 3 is 2.27 bits per heavy atom. The third-order valence-corrected chi connectivity index (χ3v) is 3.55. The molecule has 0 saturated carbocycles. The lowest BCUT2D eigenvalue weighted by atomic mass is 10.0. The lowest BCUT2D eigenvalue weighted by molar-refractivity contribution is -0.158. The first-order valence-electron chi connectivity index (χ1n) is 7.76. The highest BCUT2D eigenvalue weighted by Crippen LogP contribution is 2.24. The molecule has 0 aromatic rings. The molecule has 0 heterocycles. The molecule has 0 unspecified atom stereocenters. The number of rotatable bonds is 11. The van der Waals surface area contributed by atoms with Crippen LogP contribution in [0.1, 0.15) is 66.2 Å². The van der Waals surface area contributed by atoms with Crippen LogP contribution in [0.25, 0.3) is 0 Å². The highest BCUT2D eigenvalue weighted by Gasteiger charge is 2.23. The summed E-state index contributed by atoms with van der Waals surface area (Å²) in [6.45, 7) is 11.5. The van der Waals surface area contributed by atoms with Crippen molar-refractivity contribution in [1.29, 1.82) is 0 Å². The third kappa shape index (κ3) is 12.9. The maximum Gasteiger partial charge on any atom is 0.330 e. The molecular weight excluding hydrogens is 348 g/mol. The first kappa shape index (κ1) is 21.2. The average Bonchev–Trinajstić information content (AvgIpc) is 2.35. The molecule has 0 aliphatic carbocycles. The van der Waals surface area contributed by atoms with Crippen LogP contribution in [0, 0.1) is 0 Å². The van der Waals surface area contributed by atoms with E-state index in [4.69, 9.17) is 9.47 Å². The molecule has 128 valence electrons. The number of alkyl halides is 1. The molecule has 0 rings (SSSR count). The van der Waals surface area contributed by atoms with E-state index in [9.17, 15) is 9.59 Å². The molecule has 0 fully saturated rings. The van der Waals surface area contributed by atoms with Crippen LogP contribution in [0.5, 0.6) is 0 Å². The Kier molecular flexibility index (Phi) is 9.65. The topological polar surface area (TPSA) is 52.6 Å². The summed E-state index contributed by atoms with van der Waals surface area (Å²) in [6.07, 6.45) is 6.04. The van der Waals surface area contributed by atoms with Crippen molar-refractivity contribution in [1.82, 2.24) is 0 Å². The SMILES string of the molecule is C=CC(=O)OCCC(C)(C)OC(=O)CCCCCC(C)(C)Br. The minimum absolute atomic E-state index is 0.165. The normalized spacial score (nSPS) is 11.9. The van der Waals surface area contributed by atoms with Crippen LogP contribution >= 0.6 is 15.9 Å². The number of unbranched alkanes of at least 4 members (excludes halogenated alkanes) is 2. The third-order valence-electron chi connectivity index (χ3n) is 3.16. The average molecular weight is 377 g/mol. The van der Waals surface area contributed by atoms with Gasteiger partial charge in [0.25, 0.3) is 0 Å². The van der Waals surface area contributed by atoms with Crippen molar-refractivity contribution in [3.8, 4) is 0 Å². The molecule has 0 amide bonds. The summed E-state index contributed by atoms with van der Waals surface area (Å²) in [5.41, 5.74) is -0.629. The van der Waals surface area contributed by atoms with E-state index in [0.717, 1.165) is 31.8 Å². The van der Waals surface area contributed by atoms with Crippen LogP contribution in [0.3, 0.4) is 0 Å². The lowest BCUT2D eigenvalue weighted by Gasteiger charge is -2.25. The molecule has 22 heavy (non-hydrogen) atoms. The number of carbonyl (C=O) groups excluding carboxylic acids is 2. The van der Waals surface area contributed by atoms with Crippen LogP contribution < -0.4 is 0 Å². The Morgan fingerprint density at radius 2 is 1.73 bits per heavy atom. The van der Waals surface area contributed by atoms with Gasteiger partial charge >= 0.3 is 11.9 Å². The number of carbonyl (C=O) groups is 2. The van der Waals surface area contributed by atoms with Gasteiger partial charge in [0, 0.05) is 23.2 Å². The number of halogens is 1. The smallest absolute Gasteiger partial charge is 0.330 e. The maximum atomic E-state index is 11.8. The van der Waals surface area contributed by atoms with E-state index in [0.29, 0.717) is 12.8 Å². The summed E-state index contributed by atoms with van der Waals surface area (Å²) in [7, 11) is 0. The Labute approximate surface area is 142 Å². The van der Waals surface area contributed by atoms with Gasteiger partial charge in [0.05, 0.1) is 6.61 Å². The van der Waals surface area contributed by atoms with Crippen LogP contribution in [0.2, 0.25) is 0 Å². The molecule has 0 aliphatic rings. The number of hydrogen-bond donors (Lipinski definition) is 0. The van der Waals surface area contributed by atoms with Crippen molar-refractivity contribution in [3.63, 3.8) is 0 Å². The second-order valence-electron chi connectivity index (χ2n) is 6.63. The van der Waals surface area contributed by atoms with Gasteiger partial charge in [-0.3, -0.25) is 4.79 Å². The molecule has 0 N–H and O–H groups in total. The zero-order valence-corrected chi connectivity index (χ0v) is 15.8. The van der Waals surface area contributed by atoms with E-state index >= 15 is 0 Å². The minimum atomic E-state index is -0.629. The van der Waals surface area contributed by atoms with Gasteiger partial charge < -0.3 is 9.47 Å². The summed E-state index contributed by atoms with van der Waals surface area (Å²) in [5, 5.41) is 0. The first-order chi connectivity index (χ1) is 10.1. The van der Waals surface area contributed by atoms with Crippen molar-refractivity contribution >= 4 is 27.9 Å². The molecule has 4 nitrogen and oxygen atoms in total. The quantitative estimate of drug-likeness (QED) is 0.229. The van der Waals surface area contributed by atoms with E-state index in [-0.39, 0.29) is 16.9 Å². The van der Waals surface area contributed by atoms with E-state index in [1.807, 2.05) is 13.8 Å². The summed E-state index contributed by atoms with van der Waals surface area (Å²) in [5.74, 6) is -0.657. The molecular formula is C17H29BrO4. The van der Waals surface area contributed by atoms with Gasteiger partial charge in [-0.15, -0.1) is 0 Å². The number of esters is 2. The Morgan fingerprint density at radius 1 is 1.09 bits per heavy atom. The van der Waals surface area contributed by atoms with Gasteiger partial charge in [-0.2, -0.15) is 0 Å². The Balaban J connectivity index is 3.84. The van der Waals surface area contributed by atoms with E-state index < -0.39 is 11.6 Å². The van der Waals surface area contributed by atoms with Crippen molar-refractivity contribution < 1.29 is 19.1 Å². The van der Waals surface area contributed by atoms with Gasteiger partial charge in [0.2, 0.25) is 0 Å². The molecule has 0 saturated heterocycles. The van der Waals surface area contributed by atoms with Crippen LogP contribution in [-0.2, 0) is 19.1 Å². The van der Waals surface area contributed by atoms with E-state index in [1.165, 1.54) is 0 Å². The van der Waals surface area contributed by atoms with Gasteiger partial charge in [-0.1, -0.05) is 49.2 Å². The molecule has 0 aliphatic heterocycles. The summed E-state index contributed by atoms with van der Waals surface area (Å²) < 4.78 is 10.5. The highest BCUT2D eigenvalue weighted by molar-refractivity contribution is 9.10. The molecule has 5 heteroatoms. The lowest BCUT2D eigenvalue weighted by Crippen LogP contribution is -2.30. The van der Waals surface area contributed by atoms with Crippen molar-refractivity contribution in [2.45, 2.75) is 76.1 Å². The van der Waals surface area contributed by atoms with Gasteiger partial charge in [0.15, 0.2) is 0 Å². The summed E-state index contributed by atoms with van der Waals surface area (Å²) >= 11 is 3.61. The Bertz CT molecular complexity index is 369. The maximum absolute atomic E-state index is 11.8. The fraction of sp³-hybridized carbons (Fsp3) is 0.765. The minimum Gasteiger partial charge on any atom is -0.462 e. The predicted octanol–water partition coefficient (Wildman–Crippen LogP) is 4.55. The molecule has 0 bridgehead atoms. The fourth-order valence-corrected chi connectivity index (χ4v) is 2.14. The number of ether oxygens (including phenoxy) is 2. The zero-order chi connectivity index (χ0) is 17.2. The predicted molar refractivity (Wildman–Crippen MR) is 92.0 cm³/mol. The Hall–Kier alpha value is -0.840. The number of hydrogen-bond acceptors (Lipinski definition) is 4. The van der Waals surface area contributed by atoms with Crippen LogP contribution in [0.4, 0.5) is 0 Å². The standard InChI is InChI=1S/C17H29BrO4/c1-6-14(19)21-13-12-17(4,5)22-15(20)10-8-7-9-11-16(2,3)18/h6H,1,7-13H2,2-5H3. The second kappa shape index (κ2) is 10.0. The van der Waals surface area contributed by atoms with Crippen molar-refractivity contribution in [2.75, 3.05) is 6.61 Å². The van der Waals surface area contributed by atoms with Crippen LogP contribution in [0.15, 0.2) is 12.7 Å². The van der Waals surface area contributed by atoms with E-state index in [1.54, 1.807) is 0 Å². The largest absolute Gasteiger partial charge is 0.462 e. The monoisotopic (exact) mass is 376 g/mol. The van der Waals surface area contributed by atoms with Crippen LogP contribution in [-0.4, -0.2) is 28.5 Å². The first-order valence-corrected chi connectivity index (χ1v) is 8.55. The van der Waals surface area contributed by atoms with Gasteiger partial charge in [-0.05, 0) is 26.7 Å². The summed E-state index contributed by atoms with van der Waals surface area (Å²) in [4.78, 5) is 22.8. The van der Waals surface area contributed by atoms with Crippen molar-refractivity contribution in [2.24, 2.45) is 0 Å². The molecule has 0 spiro atoms. The van der Waals surface area contributed by atoms with Gasteiger partial charge in [-0.25, -0.2) is 4.79 Å². The van der Waals surface area contributed by atoms with Gasteiger partial charge in [0.1, 0.15) is 5.60 Å². The highest BCUT2D eigenvalue weighted by atomic mass is 79.9. The second-order valence-corrected chi connectivity index (χ2v) is 8.78. The summed E-state index contributed by atoms with van der Waals surface area (Å²) in [6, 6.07) is 0.